The molecule has 0 radical (unpaired) electrons. The van der Waals surface area contributed by atoms with Gasteiger partial charge in [-0.3, -0.25) is 4.79 Å². The Bertz CT molecular complexity index is 399. The average molecular weight is 287 g/mol. The maximum absolute atomic E-state index is 11.5. The van der Waals surface area contributed by atoms with E-state index in [1.165, 1.54) is 0 Å². The van der Waals surface area contributed by atoms with Crippen molar-refractivity contribution in [1.29, 1.82) is 0 Å². The standard InChI is InChI=1S/C13H19ClN2O3/c1-10(17)8-15-5-6-16-13(18)9-19-12-4-2-3-11(14)7-12/h2-4,7,10,15,17H,5-6,8-9H2,1H3,(H,16,18). The Hall–Kier alpha value is -1.30. The molecule has 1 aromatic carbocycles. The van der Waals surface area contributed by atoms with Gasteiger partial charge in [-0.2, -0.15) is 0 Å². The predicted molar refractivity (Wildman–Crippen MR) is 74.5 cm³/mol. The molecule has 5 nitrogen and oxygen atoms in total. The first-order valence-electron chi connectivity index (χ1n) is 6.12. The van der Waals surface area contributed by atoms with E-state index in [1.807, 2.05) is 0 Å². The largest absolute Gasteiger partial charge is 0.484 e. The number of benzene rings is 1. The summed E-state index contributed by atoms with van der Waals surface area (Å²) in [5.41, 5.74) is 0. The summed E-state index contributed by atoms with van der Waals surface area (Å²) in [6, 6.07) is 6.89. The molecule has 0 aliphatic carbocycles. The Morgan fingerprint density at radius 2 is 2.26 bits per heavy atom. The van der Waals surface area contributed by atoms with Gasteiger partial charge in [-0.1, -0.05) is 17.7 Å². The first-order chi connectivity index (χ1) is 9.08. The van der Waals surface area contributed by atoms with Crippen LogP contribution < -0.4 is 15.4 Å². The lowest BCUT2D eigenvalue weighted by molar-refractivity contribution is -0.123. The van der Waals surface area contributed by atoms with Gasteiger partial charge >= 0.3 is 0 Å². The van der Waals surface area contributed by atoms with Gasteiger partial charge in [0, 0.05) is 24.7 Å². The van der Waals surface area contributed by atoms with Gasteiger partial charge in [-0.25, -0.2) is 0 Å². The van der Waals surface area contributed by atoms with E-state index < -0.39 is 0 Å². The highest BCUT2D eigenvalue weighted by atomic mass is 35.5. The number of halogens is 1. The first-order valence-corrected chi connectivity index (χ1v) is 6.49. The van der Waals surface area contributed by atoms with Crippen LogP contribution in [0.3, 0.4) is 0 Å². The van der Waals surface area contributed by atoms with Crippen LogP contribution in [0, 0.1) is 0 Å². The smallest absolute Gasteiger partial charge is 0.257 e. The van der Waals surface area contributed by atoms with E-state index in [2.05, 4.69) is 10.6 Å². The van der Waals surface area contributed by atoms with Crippen LogP contribution in [-0.2, 0) is 4.79 Å². The second-order valence-electron chi connectivity index (χ2n) is 4.15. The lowest BCUT2D eigenvalue weighted by Gasteiger charge is -2.09. The molecular weight excluding hydrogens is 268 g/mol. The van der Waals surface area contributed by atoms with Crippen molar-refractivity contribution in [3.8, 4) is 5.75 Å². The summed E-state index contributed by atoms with van der Waals surface area (Å²) in [6.45, 7) is 3.26. The van der Waals surface area contributed by atoms with Gasteiger partial charge in [0.1, 0.15) is 5.75 Å². The van der Waals surface area contributed by atoms with Gasteiger partial charge in [0.05, 0.1) is 6.10 Å². The van der Waals surface area contributed by atoms with Crippen molar-refractivity contribution < 1.29 is 14.6 Å². The SMILES string of the molecule is CC(O)CNCCNC(=O)COc1cccc(Cl)c1. The van der Waals surface area contributed by atoms with Crippen molar-refractivity contribution in [2.75, 3.05) is 26.2 Å². The maximum Gasteiger partial charge on any atom is 0.257 e. The Morgan fingerprint density at radius 1 is 1.47 bits per heavy atom. The average Bonchev–Trinajstić information content (AvgIpc) is 2.35. The molecule has 0 aliphatic heterocycles. The molecule has 0 bridgehead atoms. The minimum Gasteiger partial charge on any atom is -0.484 e. The normalized spacial score (nSPS) is 11.9. The molecule has 1 rings (SSSR count). The van der Waals surface area contributed by atoms with Crippen molar-refractivity contribution in [2.24, 2.45) is 0 Å². The summed E-state index contributed by atoms with van der Waals surface area (Å²) in [4.78, 5) is 11.5. The zero-order valence-electron chi connectivity index (χ0n) is 10.9. The summed E-state index contributed by atoms with van der Waals surface area (Å²) < 4.78 is 5.29. The Labute approximate surface area is 117 Å². The molecular formula is C13H19ClN2O3. The molecule has 1 amide bonds. The van der Waals surface area contributed by atoms with Crippen LogP contribution in [0.15, 0.2) is 24.3 Å². The molecule has 0 spiro atoms. The van der Waals surface area contributed by atoms with Gasteiger partial charge in [0.25, 0.3) is 5.91 Å². The van der Waals surface area contributed by atoms with Gasteiger partial charge in [0.15, 0.2) is 6.61 Å². The van der Waals surface area contributed by atoms with Crippen LogP contribution >= 0.6 is 11.6 Å². The second kappa shape index (κ2) is 8.74. The summed E-state index contributed by atoms with van der Waals surface area (Å²) in [5, 5.41) is 15.3. The number of hydrogen-bond donors (Lipinski definition) is 3. The van der Waals surface area contributed by atoms with Crippen molar-refractivity contribution in [3.05, 3.63) is 29.3 Å². The number of aliphatic hydroxyl groups is 1. The number of aliphatic hydroxyl groups excluding tert-OH is 1. The fourth-order valence-corrected chi connectivity index (χ4v) is 1.54. The highest BCUT2D eigenvalue weighted by molar-refractivity contribution is 6.30. The first kappa shape index (κ1) is 15.8. The minimum absolute atomic E-state index is 0.0449. The van der Waals surface area contributed by atoms with E-state index in [0.717, 1.165) is 0 Å². The summed E-state index contributed by atoms with van der Waals surface area (Å²) in [7, 11) is 0. The van der Waals surface area contributed by atoms with Gasteiger partial charge in [0.2, 0.25) is 0 Å². The maximum atomic E-state index is 11.5. The molecule has 0 heterocycles. The quantitative estimate of drug-likeness (QED) is 0.619. The topological polar surface area (TPSA) is 70.6 Å². The molecule has 1 unspecified atom stereocenters. The summed E-state index contributed by atoms with van der Waals surface area (Å²) in [5.74, 6) is 0.369. The number of carbonyl (C=O) groups is 1. The number of rotatable bonds is 8. The fourth-order valence-electron chi connectivity index (χ4n) is 1.36. The molecule has 1 atom stereocenters. The van der Waals surface area contributed by atoms with Crippen LogP contribution in [0.5, 0.6) is 5.75 Å². The number of nitrogens with one attached hydrogen (secondary N) is 2. The third-order valence-electron chi connectivity index (χ3n) is 2.23. The molecule has 0 saturated heterocycles. The number of hydrogen-bond acceptors (Lipinski definition) is 4. The van der Waals surface area contributed by atoms with E-state index in [0.29, 0.717) is 30.4 Å². The highest BCUT2D eigenvalue weighted by Crippen LogP contribution is 2.16. The van der Waals surface area contributed by atoms with E-state index >= 15 is 0 Å². The third kappa shape index (κ3) is 7.66. The van der Waals surface area contributed by atoms with E-state index in [4.69, 9.17) is 21.4 Å². The van der Waals surface area contributed by atoms with Crippen molar-refractivity contribution >= 4 is 17.5 Å². The monoisotopic (exact) mass is 286 g/mol. The molecule has 3 N–H and O–H groups in total. The van der Waals surface area contributed by atoms with Crippen molar-refractivity contribution in [2.45, 2.75) is 13.0 Å². The molecule has 19 heavy (non-hydrogen) atoms. The predicted octanol–water partition coefficient (Wildman–Crippen LogP) is 0.805. The zero-order valence-corrected chi connectivity index (χ0v) is 11.6. The van der Waals surface area contributed by atoms with Gasteiger partial charge < -0.3 is 20.5 Å². The number of amides is 1. The molecule has 6 heteroatoms. The van der Waals surface area contributed by atoms with E-state index in [1.54, 1.807) is 31.2 Å². The van der Waals surface area contributed by atoms with Crippen LogP contribution in [0.1, 0.15) is 6.92 Å². The fraction of sp³-hybridized carbons (Fsp3) is 0.462. The zero-order chi connectivity index (χ0) is 14.1. The van der Waals surface area contributed by atoms with Crippen LogP contribution in [-0.4, -0.2) is 43.4 Å². The Morgan fingerprint density at radius 3 is 2.95 bits per heavy atom. The summed E-state index contributed by atoms with van der Waals surface area (Å²) >= 11 is 5.79. The minimum atomic E-state index is -0.387. The summed E-state index contributed by atoms with van der Waals surface area (Å²) in [6.07, 6.45) is -0.387. The Kier molecular flexibility index (Phi) is 7.25. The molecule has 0 saturated carbocycles. The van der Waals surface area contributed by atoms with Gasteiger partial charge in [-0.15, -0.1) is 0 Å². The number of carbonyl (C=O) groups excluding carboxylic acids is 1. The Balaban J connectivity index is 2.11. The second-order valence-corrected chi connectivity index (χ2v) is 4.59. The molecule has 0 fully saturated rings. The van der Waals surface area contributed by atoms with Crippen LogP contribution in [0.4, 0.5) is 0 Å². The molecule has 106 valence electrons. The third-order valence-corrected chi connectivity index (χ3v) is 2.46. The van der Waals surface area contributed by atoms with Crippen LogP contribution in [0.25, 0.3) is 0 Å². The molecule has 1 aromatic rings. The van der Waals surface area contributed by atoms with E-state index in [9.17, 15) is 4.79 Å². The number of ether oxygens (including phenoxy) is 1. The van der Waals surface area contributed by atoms with Crippen molar-refractivity contribution in [3.63, 3.8) is 0 Å². The van der Waals surface area contributed by atoms with E-state index in [-0.39, 0.29) is 18.6 Å². The highest BCUT2D eigenvalue weighted by Gasteiger charge is 2.02. The van der Waals surface area contributed by atoms with Gasteiger partial charge in [-0.05, 0) is 25.1 Å². The lowest BCUT2D eigenvalue weighted by atomic mass is 10.3. The lowest BCUT2D eigenvalue weighted by Crippen LogP contribution is -2.36. The molecule has 0 aromatic heterocycles. The molecule has 0 aliphatic rings. The van der Waals surface area contributed by atoms with Crippen molar-refractivity contribution in [1.82, 2.24) is 10.6 Å². The van der Waals surface area contributed by atoms with Crippen LogP contribution in [0.2, 0.25) is 5.02 Å².